The fourth-order valence-corrected chi connectivity index (χ4v) is 1.42. The van der Waals surface area contributed by atoms with Crippen LogP contribution in [0.2, 0.25) is 0 Å². The Kier molecular flexibility index (Phi) is 3.94. The van der Waals surface area contributed by atoms with Gasteiger partial charge in [0.2, 0.25) is 5.12 Å². The van der Waals surface area contributed by atoms with Gasteiger partial charge in [0.15, 0.2) is 5.69 Å². The van der Waals surface area contributed by atoms with Crippen molar-refractivity contribution >= 4 is 23.1 Å². The van der Waals surface area contributed by atoms with Gasteiger partial charge >= 0.3 is 12.2 Å². The number of urea groups is 1. The van der Waals surface area contributed by atoms with Crippen LogP contribution in [0.25, 0.3) is 0 Å². The number of alkyl halides is 3. The monoisotopic (exact) mass is 265 g/mol. The molecule has 0 saturated heterocycles. The number of carbonyl (C=O) groups excluding carboxylic acids is 2. The van der Waals surface area contributed by atoms with Crippen LogP contribution in [0.4, 0.5) is 18.0 Å². The Morgan fingerprint density at radius 2 is 2.06 bits per heavy atom. The molecule has 1 heterocycles. The number of carbonyl (C=O) groups is 2. The number of rotatable bonds is 1. The van der Waals surface area contributed by atoms with Gasteiger partial charge in [-0.2, -0.15) is 13.2 Å². The molecule has 0 saturated carbocycles. The molecule has 1 aromatic heterocycles. The number of primary amides is 1. The highest BCUT2D eigenvalue weighted by Gasteiger charge is 2.37. The van der Waals surface area contributed by atoms with E-state index in [9.17, 15) is 22.8 Å². The summed E-state index contributed by atoms with van der Waals surface area (Å²) >= 11 is 0.164. The number of nitrogens with two attached hydrogens (primary N) is 1. The second-order valence-corrected chi connectivity index (χ2v) is 3.53. The Labute approximate surface area is 97.7 Å². The van der Waals surface area contributed by atoms with Gasteiger partial charge in [0.1, 0.15) is 0 Å². The van der Waals surface area contributed by atoms with E-state index in [2.05, 4.69) is 10.7 Å². The summed E-state index contributed by atoms with van der Waals surface area (Å²) in [4.78, 5) is 24.8. The average molecular weight is 265 g/mol. The first-order valence-corrected chi connectivity index (χ1v) is 4.93. The first-order valence-electron chi connectivity index (χ1n) is 4.11. The van der Waals surface area contributed by atoms with Crippen molar-refractivity contribution in [3.8, 4) is 0 Å². The van der Waals surface area contributed by atoms with E-state index in [1.54, 1.807) is 0 Å². The molecule has 1 aromatic rings. The number of hydrogen-bond acceptors (Lipinski definition) is 4. The molecule has 0 radical (unpaired) electrons. The van der Waals surface area contributed by atoms with Crippen LogP contribution in [-0.4, -0.2) is 16.1 Å². The lowest BCUT2D eigenvalue weighted by molar-refractivity contribution is -0.141. The van der Waals surface area contributed by atoms with Crippen LogP contribution in [0.5, 0.6) is 0 Å². The maximum absolute atomic E-state index is 12.5. The molecule has 5 nitrogen and oxygen atoms in total. The van der Waals surface area contributed by atoms with Crippen molar-refractivity contribution in [2.45, 2.75) is 6.18 Å². The molecule has 0 aromatic carbocycles. The molecule has 0 aliphatic rings. The molecule has 9 heteroatoms. The first-order chi connectivity index (χ1) is 7.82. The zero-order chi connectivity index (χ0) is 13.1. The molecule has 0 bridgehead atoms. The van der Waals surface area contributed by atoms with Crippen molar-refractivity contribution in [3.63, 3.8) is 0 Å². The summed E-state index contributed by atoms with van der Waals surface area (Å²) in [5, 5.41) is -0.996. The maximum Gasteiger partial charge on any atom is 0.434 e. The number of halogens is 3. The third-order valence-electron chi connectivity index (χ3n) is 1.54. The highest BCUT2D eigenvalue weighted by Crippen LogP contribution is 2.31. The fraction of sp³-hybridized carbons (Fsp3) is 0.125. The fourth-order valence-electron chi connectivity index (χ4n) is 0.948. The number of hydrogen-bond donors (Lipinski definition) is 2. The SMILES string of the molecule is NC(=O)NSC(=O)c1cccnc1C(F)(F)F. The molecule has 0 fully saturated rings. The summed E-state index contributed by atoms with van der Waals surface area (Å²) in [6.07, 6.45) is -3.81. The van der Waals surface area contributed by atoms with Crippen molar-refractivity contribution in [1.29, 1.82) is 0 Å². The average Bonchev–Trinajstić information content (AvgIpc) is 2.24. The van der Waals surface area contributed by atoms with E-state index >= 15 is 0 Å². The van der Waals surface area contributed by atoms with Crippen molar-refractivity contribution in [2.24, 2.45) is 5.73 Å². The van der Waals surface area contributed by atoms with Crippen molar-refractivity contribution < 1.29 is 22.8 Å². The van der Waals surface area contributed by atoms with Crippen LogP contribution in [0, 0.1) is 0 Å². The minimum absolute atomic E-state index is 0.164. The molecule has 0 spiro atoms. The van der Waals surface area contributed by atoms with Crippen LogP contribution in [0.15, 0.2) is 18.3 Å². The number of aromatic nitrogens is 1. The van der Waals surface area contributed by atoms with Gasteiger partial charge in [-0.3, -0.25) is 14.5 Å². The molecule has 3 N–H and O–H groups in total. The maximum atomic E-state index is 12.5. The van der Waals surface area contributed by atoms with Crippen molar-refractivity contribution in [2.75, 3.05) is 0 Å². The topological polar surface area (TPSA) is 85.1 Å². The smallest absolute Gasteiger partial charge is 0.351 e. The second kappa shape index (κ2) is 5.04. The highest BCUT2D eigenvalue weighted by molar-refractivity contribution is 8.12. The summed E-state index contributed by atoms with van der Waals surface area (Å²) in [7, 11) is 0. The standard InChI is InChI=1S/C8H6F3N3O2S/c9-8(10,11)5-4(2-1-3-13-5)6(15)17-14-7(12)16/h1-3H,(H3,12,14,16). The third-order valence-corrected chi connectivity index (χ3v) is 2.25. The van der Waals surface area contributed by atoms with Crippen LogP contribution in [0.3, 0.4) is 0 Å². The van der Waals surface area contributed by atoms with E-state index in [0.717, 1.165) is 12.3 Å². The number of nitrogens with one attached hydrogen (secondary N) is 1. The minimum atomic E-state index is -4.74. The molecule has 92 valence electrons. The normalized spacial score (nSPS) is 11.0. The lowest BCUT2D eigenvalue weighted by Crippen LogP contribution is -2.25. The highest BCUT2D eigenvalue weighted by atomic mass is 32.2. The van der Waals surface area contributed by atoms with Gasteiger partial charge in [0, 0.05) is 18.1 Å². The van der Waals surface area contributed by atoms with Crippen molar-refractivity contribution in [3.05, 3.63) is 29.6 Å². The molecular weight excluding hydrogens is 259 g/mol. The lowest BCUT2D eigenvalue weighted by Gasteiger charge is -2.09. The Morgan fingerprint density at radius 1 is 1.41 bits per heavy atom. The summed E-state index contributed by atoms with van der Waals surface area (Å²) in [6, 6.07) is 1.13. The molecule has 2 amide bonds. The molecule has 1 rings (SSSR count). The predicted octanol–water partition coefficient (Wildman–Crippen LogP) is 1.56. The zero-order valence-corrected chi connectivity index (χ0v) is 8.93. The van der Waals surface area contributed by atoms with Gasteiger partial charge in [0.25, 0.3) is 0 Å². The van der Waals surface area contributed by atoms with E-state index < -0.39 is 28.6 Å². The van der Waals surface area contributed by atoms with Crippen molar-refractivity contribution in [1.82, 2.24) is 9.71 Å². The van der Waals surface area contributed by atoms with Gasteiger partial charge in [0.05, 0.1) is 5.56 Å². The zero-order valence-electron chi connectivity index (χ0n) is 8.12. The molecule has 0 aliphatic carbocycles. The summed E-state index contributed by atoms with van der Waals surface area (Å²) in [5.74, 6) is 0. The van der Waals surface area contributed by atoms with Gasteiger partial charge in [-0.1, -0.05) is 0 Å². The van der Waals surface area contributed by atoms with Crippen LogP contribution in [0.1, 0.15) is 16.1 Å². The minimum Gasteiger partial charge on any atom is -0.351 e. The molecular formula is C8H6F3N3O2S. The van der Waals surface area contributed by atoms with Crippen LogP contribution in [-0.2, 0) is 6.18 Å². The second-order valence-electron chi connectivity index (χ2n) is 2.75. The van der Waals surface area contributed by atoms with E-state index in [0.29, 0.717) is 0 Å². The molecule has 17 heavy (non-hydrogen) atoms. The largest absolute Gasteiger partial charge is 0.434 e. The molecule has 0 unspecified atom stereocenters. The number of nitrogens with zero attached hydrogens (tertiary/aromatic N) is 1. The Hall–Kier alpha value is -1.77. The van der Waals surface area contributed by atoms with Gasteiger partial charge in [-0.15, -0.1) is 0 Å². The van der Waals surface area contributed by atoms with Gasteiger partial charge in [-0.05, 0) is 12.1 Å². The van der Waals surface area contributed by atoms with Gasteiger partial charge < -0.3 is 5.73 Å². The molecule has 0 aliphatic heterocycles. The number of amides is 2. The van der Waals surface area contributed by atoms with E-state index in [1.165, 1.54) is 6.07 Å². The Bertz CT molecular complexity index is 450. The van der Waals surface area contributed by atoms with E-state index in [4.69, 9.17) is 0 Å². The summed E-state index contributed by atoms with van der Waals surface area (Å²) < 4.78 is 39.2. The Balaban J connectivity index is 2.98. The molecule has 0 atom stereocenters. The Morgan fingerprint density at radius 3 is 2.59 bits per heavy atom. The summed E-state index contributed by atoms with van der Waals surface area (Å²) in [5.41, 5.74) is 2.74. The lowest BCUT2D eigenvalue weighted by atomic mass is 10.2. The van der Waals surface area contributed by atoms with Crippen LogP contribution < -0.4 is 10.5 Å². The van der Waals surface area contributed by atoms with E-state index in [-0.39, 0.29) is 11.9 Å². The summed E-state index contributed by atoms with van der Waals surface area (Å²) in [6.45, 7) is 0. The predicted molar refractivity (Wildman–Crippen MR) is 53.9 cm³/mol. The first kappa shape index (κ1) is 13.3. The number of pyridine rings is 1. The third kappa shape index (κ3) is 3.63. The quantitative estimate of drug-likeness (QED) is 0.754. The van der Waals surface area contributed by atoms with Gasteiger partial charge in [-0.25, -0.2) is 4.79 Å². The van der Waals surface area contributed by atoms with E-state index in [1.807, 2.05) is 4.72 Å². The van der Waals surface area contributed by atoms with Crippen LogP contribution >= 0.6 is 11.9 Å².